The lowest BCUT2D eigenvalue weighted by molar-refractivity contribution is 0.0768. The van der Waals surface area contributed by atoms with E-state index in [-0.39, 0.29) is 17.4 Å². The Labute approximate surface area is 179 Å². The molecular formula is C23H33N3O3S. The van der Waals surface area contributed by atoms with E-state index in [1.54, 1.807) is 11.1 Å². The van der Waals surface area contributed by atoms with Crippen molar-refractivity contribution >= 4 is 21.6 Å². The number of amides is 1. The SMILES string of the molecule is CC1(C)CCCC(Nc2ncc(C(=O)N3CCS(=O)(=O)CC3)c3c2C2CCC3C2)C1. The largest absolute Gasteiger partial charge is 0.367 e. The van der Waals surface area contributed by atoms with Crippen LogP contribution in [0.1, 0.15) is 92.1 Å². The molecule has 3 aliphatic carbocycles. The van der Waals surface area contributed by atoms with Gasteiger partial charge in [0, 0.05) is 30.9 Å². The van der Waals surface area contributed by atoms with Gasteiger partial charge in [-0.3, -0.25) is 4.79 Å². The molecule has 164 valence electrons. The first-order valence-corrected chi connectivity index (χ1v) is 13.3. The molecule has 30 heavy (non-hydrogen) atoms. The quantitative estimate of drug-likeness (QED) is 0.789. The fourth-order valence-corrected chi connectivity index (χ4v) is 7.49. The van der Waals surface area contributed by atoms with Crippen molar-refractivity contribution in [2.45, 2.75) is 76.7 Å². The topological polar surface area (TPSA) is 79.4 Å². The molecule has 1 aliphatic heterocycles. The average Bonchev–Trinajstić information content (AvgIpc) is 3.30. The van der Waals surface area contributed by atoms with Crippen molar-refractivity contribution in [3.63, 3.8) is 0 Å². The summed E-state index contributed by atoms with van der Waals surface area (Å²) in [6, 6.07) is 0.443. The molecule has 7 heteroatoms. The van der Waals surface area contributed by atoms with Gasteiger partial charge in [0.15, 0.2) is 9.84 Å². The average molecular weight is 432 g/mol. The van der Waals surface area contributed by atoms with Crippen LogP contribution in [0.4, 0.5) is 5.82 Å². The number of nitrogens with one attached hydrogen (secondary N) is 1. The van der Waals surface area contributed by atoms with Gasteiger partial charge in [-0.15, -0.1) is 0 Å². The number of carbonyl (C=O) groups excluding carboxylic acids is 1. The Kier molecular flexibility index (Phi) is 4.88. The van der Waals surface area contributed by atoms with E-state index < -0.39 is 9.84 Å². The Morgan fingerprint density at radius 3 is 2.53 bits per heavy atom. The molecule has 5 rings (SSSR count). The first kappa shape index (κ1) is 20.3. The Bertz CT molecular complexity index is 958. The van der Waals surface area contributed by atoms with E-state index in [0.29, 0.717) is 41.9 Å². The second kappa shape index (κ2) is 7.21. The summed E-state index contributed by atoms with van der Waals surface area (Å²) in [5.74, 6) is 2.05. The first-order chi connectivity index (χ1) is 14.2. The Morgan fingerprint density at radius 2 is 1.83 bits per heavy atom. The normalized spacial score (nSPS) is 31.4. The summed E-state index contributed by atoms with van der Waals surface area (Å²) in [7, 11) is -3.00. The highest BCUT2D eigenvalue weighted by Crippen LogP contribution is 2.56. The molecule has 2 saturated carbocycles. The van der Waals surface area contributed by atoms with Crippen LogP contribution < -0.4 is 5.32 Å². The number of anilines is 1. The third kappa shape index (κ3) is 3.63. The molecule has 2 heterocycles. The van der Waals surface area contributed by atoms with E-state index in [0.717, 1.165) is 25.1 Å². The molecule has 0 radical (unpaired) electrons. The summed E-state index contributed by atoms with van der Waals surface area (Å²) in [6.45, 7) is 5.28. The Hall–Kier alpha value is -1.63. The van der Waals surface area contributed by atoms with Crippen LogP contribution in [-0.2, 0) is 9.84 Å². The lowest BCUT2D eigenvalue weighted by Crippen LogP contribution is -2.44. The van der Waals surface area contributed by atoms with Gasteiger partial charge in [0.2, 0.25) is 0 Å². The standard InChI is InChI=1S/C23H33N3O3S/c1-23(2)7-3-4-17(13-23)25-21-20-16-6-5-15(12-16)19(20)18(14-24-21)22(27)26-8-10-30(28,29)11-9-26/h14-17H,3-13H2,1-2H3,(H,24,25). The van der Waals surface area contributed by atoms with Crippen molar-refractivity contribution in [2.24, 2.45) is 5.41 Å². The summed E-state index contributed by atoms with van der Waals surface area (Å²) in [5, 5.41) is 3.76. The van der Waals surface area contributed by atoms with E-state index in [4.69, 9.17) is 4.98 Å². The highest BCUT2D eigenvalue weighted by atomic mass is 32.2. The van der Waals surface area contributed by atoms with E-state index in [1.165, 1.54) is 36.8 Å². The van der Waals surface area contributed by atoms with Crippen LogP contribution in [0.2, 0.25) is 0 Å². The fourth-order valence-electron chi connectivity index (χ4n) is 6.29. The molecule has 6 nitrogen and oxygen atoms in total. The van der Waals surface area contributed by atoms with Crippen LogP contribution >= 0.6 is 0 Å². The van der Waals surface area contributed by atoms with Crippen LogP contribution in [0.3, 0.4) is 0 Å². The number of hydrogen-bond acceptors (Lipinski definition) is 5. The molecule has 1 aromatic heterocycles. The maximum absolute atomic E-state index is 13.3. The van der Waals surface area contributed by atoms with Crippen molar-refractivity contribution in [1.29, 1.82) is 0 Å². The zero-order chi connectivity index (χ0) is 21.1. The van der Waals surface area contributed by atoms with E-state index in [1.807, 2.05) is 0 Å². The third-order valence-corrected chi connectivity index (χ3v) is 9.42. The van der Waals surface area contributed by atoms with Gasteiger partial charge in [0.1, 0.15) is 5.82 Å². The number of hydrogen-bond donors (Lipinski definition) is 1. The van der Waals surface area contributed by atoms with Crippen LogP contribution in [0.25, 0.3) is 0 Å². The number of rotatable bonds is 3. The lowest BCUT2D eigenvalue weighted by Gasteiger charge is -2.36. The molecule has 1 N–H and O–H groups in total. The lowest BCUT2D eigenvalue weighted by atomic mass is 9.75. The second-order valence-corrected chi connectivity index (χ2v) is 12.9. The smallest absolute Gasteiger partial charge is 0.255 e. The predicted octanol–water partition coefficient (Wildman–Crippen LogP) is 3.70. The molecular weight excluding hydrogens is 398 g/mol. The minimum absolute atomic E-state index is 0.0356. The van der Waals surface area contributed by atoms with E-state index in [2.05, 4.69) is 19.2 Å². The minimum atomic E-state index is -3.00. The Balaban J connectivity index is 1.43. The second-order valence-electron chi connectivity index (χ2n) is 10.6. The summed E-state index contributed by atoms with van der Waals surface area (Å²) in [6.07, 6.45) is 10.1. The Morgan fingerprint density at radius 1 is 1.13 bits per heavy atom. The van der Waals surface area contributed by atoms with Gasteiger partial charge in [0.05, 0.1) is 17.1 Å². The molecule has 4 aliphatic rings. The summed E-state index contributed by atoms with van der Waals surface area (Å²) in [5.41, 5.74) is 3.57. The highest BCUT2D eigenvalue weighted by Gasteiger charge is 2.43. The monoisotopic (exact) mass is 431 g/mol. The van der Waals surface area contributed by atoms with Crippen molar-refractivity contribution in [2.75, 3.05) is 29.9 Å². The van der Waals surface area contributed by atoms with Gasteiger partial charge in [0.25, 0.3) is 5.91 Å². The third-order valence-electron chi connectivity index (χ3n) is 7.82. The number of pyridine rings is 1. The first-order valence-electron chi connectivity index (χ1n) is 11.5. The van der Waals surface area contributed by atoms with Crippen LogP contribution in [0.5, 0.6) is 0 Å². The van der Waals surface area contributed by atoms with Gasteiger partial charge in [-0.1, -0.05) is 20.3 Å². The summed E-state index contributed by atoms with van der Waals surface area (Å²) < 4.78 is 23.5. The van der Waals surface area contributed by atoms with Gasteiger partial charge in [-0.25, -0.2) is 13.4 Å². The minimum Gasteiger partial charge on any atom is -0.367 e. The molecule has 3 fully saturated rings. The highest BCUT2D eigenvalue weighted by molar-refractivity contribution is 7.91. The molecule has 3 unspecified atom stereocenters. The fraction of sp³-hybridized carbons (Fsp3) is 0.739. The van der Waals surface area contributed by atoms with Gasteiger partial charge < -0.3 is 10.2 Å². The van der Waals surface area contributed by atoms with Crippen molar-refractivity contribution in [3.05, 3.63) is 22.9 Å². The van der Waals surface area contributed by atoms with E-state index in [9.17, 15) is 13.2 Å². The van der Waals surface area contributed by atoms with Gasteiger partial charge in [-0.05, 0) is 61.3 Å². The number of fused-ring (bicyclic) bond motifs is 5. The number of sulfone groups is 1. The van der Waals surface area contributed by atoms with Crippen LogP contribution in [-0.4, -0.2) is 54.8 Å². The maximum Gasteiger partial charge on any atom is 0.255 e. The predicted molar refractivity (Wildman–Crippen MR) is 118 cm³/mol. The molecule has 0 spiro atoms. The molecule has 1 aromatic rings. The number of nitrogens with zero attached hydrogens (tertiary/aromatic N) is 2. The summed E-state index contributed by atoms with van der Waals surface area (Å²) in [4.78, 5) is 19.8. The van der Waals surface area contributed by atoms with Crippen LogP contribution in [0, 0.1) is 5.41 Å². The zero-order valence-electron chi connectivity index (χ0n) is 18.1. The zero-order valence-corrected chi connectivity index (χ0v) is 18.9. The molecule has 1 saturated heterocycles. The van der Waals surface area contributed by atoms with Crippen molar-refractivity contribution in [3.8, 4) is 0 Å². The molecule has 1 amide bonds. The molecule has 3 atom stereocenters. The van der Waals surface area contributed by atoms with Gasteiger partial charge in [-0.2, -0.15) is 0 Å². The number of carbonyl (C=O) groups is 1. The van der Waals surface area contributed by atoms with E-state index >= 15 is 0 Å². The van der Waals surface area contributed by atoms with Crippen molar-refractivity contribution in [1.82, 2.24) is 9.88 Å². The molecule has 0 aromatic carbocycles. The molecule has 2 bridgehead atoms. The maximum atomic E-state index is 13.3. The summed E-state index contributed by atoms with van der Waals surface area (Å²) >= 11 is 0. The van der Waals surface area contributed by atoms with Crippen LogP contribution in [0.15, 0.2) is 6.20 Å². The number of aromatic nitrogens is 1. The van der Waals surface area contributed by atoms with Gasteiger partial charge >= 0.3 is 0 Å². The van der Waals surface area contributed by atoms with Crippen molar-refractivity contribution < 1.29 is 13.2 Å².